The van der Waals surface area contributed by atoms with Crippen LogP contribution in [0.25, 0.3) is 5.76 Å². The Morgan fingerprint density at radius 3 is 2.31 bits per heavy atom. The number of aliphatic hydroxyl groups excluding tert-OH is 1. The fraction of sp³-hybridized carbons (Fsp3) is 0.267. The molecule has 6 nitrogen and oxygen atoms in total. The van der Waals surface area contributed by atoms with Gasteiger partial charge < -0.3 is 14.6 Å². The number of ketones is 1. The Morgan fingerprint density at radius 1 is 0.917 bits per heavy atom. The molecule has 36 heavy (non-hydrogen) atoms. The Hall–Kier alpha value is -4.06. The Bertz CT molecular complexity index is 1320. The molecule has 6 heteroatoms. The molecule has 1 N–H and O–H groups in total. The number of carbonyl (C=O) groups excluding carboxylic acids is 2. The number of carbonyl (C=O) groups is 2. The highest BCUT2D eigenvalue weighted by Crippen LogP contribution is 2.43. The van der Waals surface area contributed by atoms with Gasteiger partial charge in [0.2, 0.25) is 6.79 Å². The first kappa shape index (κ1) is 23.7. The Kier molecular flexibility index (Phi) is 6.51. The van der Waals surface area contributed by atoms with E-state index in [4.69, 9.17) is 9.47 Å². The van der Waals surface area contributed by atoms with Crippen molar-refractivity contribution in [3.05, 3.63) is 94.6 Å². The molecule has 2 heterocycles. The van der Waals surface area contributed by atoms with Crippen LogP contribution in [0.2, 0.25) is 0 Å². The van der Waals surface area contributed by atoms with E-state index in [1.54, 1.807) is 18.2 Å². The molecule has 1 amide bonds. The first-order chi connectivity index (χ1) is 17.5. The van der Waals surface area contributed by atoms with Crippen molar-refractivity contribution in [3.8, 4) is 11.5 Å². The number of anilines is 1. The lowest BCUT2D eigenvalue weighted by Crippen LogP contribution is -2.29. The van der Waals surface area contributed by atoms with Gasteiger partial charge in [-0.3, -0.25) is 14.5 Å². The van der Waals surface area contributed by atoms with Crippen molar-refractivity contribution in [2.45, 2.75) is 45.6 Å². The van der Waals surface area contributed by atoms with Gasteiger partial charge in [-0.25, -0.2) is 0 Å². The predicted molar refractivity (Wildman–Crippen MR) is 138 cm³/mol. The van der Waals surface area contributed by atoms with Crippen LogP contribution in [0.5, 0.6) is 11.5 Å². The zero-order chi connectivity index (χ0) is 25.2. The standard InChI is InChI=1S/C30H29NO5/c1-3-5-6-20-9-14-23(15-10-20)31-27(21-11-7-19(4-2)8-12-21)26(29(33)30(31)34)28(32)22-13-16-24-25(17-22)36-18-35-24/h7-17,27,32H,3-6,18H2,1-2H3/b28-26-. The normalized spacial score (nSPS) is 18.2. The second-order valence-electron chi connectivity index (χ2n) is 9.10. The smallest absolute Gasteiger partial charge is 0.300 e. The van der Waals surface area contributed by atoms with Crippen LogP contribution >= 0.6 is 0 Å². The second kappa shape index (κ2) is 9.90. The van der Waals surface area contributed by atoms with Gasteiger partial charge in [0.15, 0.2) is 11.5 Å². The summed E-state index contributed by atoms with van der Waals surface area (Å²) in [5.41, 5.74) is 4.14. The quantitative estimate of drug-likeness (QED) is 0.255. The number of hydrogen-bond acceptors (Lipinski definition) is 5. The molecule has 0 bridgehead atoms. The summed E-state index contributed by atoms with van der Waals surface area (Å²) in [6, 6.07) is 19.8. The van der Waals surface area contributed by atoms with Gasteiger partial charge in [0.1, 0.15) is 5.76 Å². The van der Waals surface area contributed by atoms with E-state index in [0.29, 0.717) is 22.7 Å². The number of aryl methyl sites for hydroxylation is 2. The third-order valence-corrected chi connectivity index (χ3v) is 6.83. The van der Waals surface area contributed by atoms with Crippen molar-refractivity contribution < 1.29 is 24.2 Å². The van der Waals surface area contributed by atoms with Gasteiger partial charge in [0, 0.05) is 11.3 Å². The minimum absolute atomic E-state index is 0.0539. The molecule has 1 fully saturated rings. The van der Waals surface area contributed by atoms with Gasteiger partial charge in [-0.05, 0) is 66.3 Å². The number of fused-ring (bicyclic) bond motifs is 1. The minimum atomic E-state index is -0.761. The maximum absolute atomic E-state index is 13.4. The molecule has 0 saturated carbocycles. The summed E-state index contributed by atoms with van der Waals surface area (Å²) < 4.78 is 10.8. The van der Waals surface area contributed by atoms with E-state index in [1.165, 1.54) is 10.5 Å². The monoisotopic (exact) mass is 483 g/mol. The molecule has 0 radical (unpaired) electrons. The van der Waals surface area contributed by atoms with Crippen LogP contribution in [0.4, 0.5) is 5.69 Å². The topological polar surface area (TPSA) is 76.1 Å². The van der Waals surface area contributed by atoms with Crippen molar-refractivity contribution in [3.63, 3.8) is 0 Å². The summed E-state index contributed by atoms with van der Waals surface area (Å²) in [4.78, 5) is 28.3. The van der Waals surface area contributed by atoms with Gasteiger partial charge in [-0.15, -0.1) is 0 Å². The summed E-state index contributed by atoms with van der Waals surface area (Å²) in [5, 5.41) is 11.4. The molecule has 0 aromatic heterocycles. The molecular formula is C30H29NO5. The first-order valence-electron chi connectivity index (χ1n) is 12.4. The number of nitrogens with zero attached hydrogens (tertiary/aromatic N) is 1. The van der Waals surface area contributed by atoms with E-state index in [9.17, 15) is 14.7 Å². The lowest BCUT2D eigenvalue weighted by molar-refractivity contribution is -0.132. The predicted octanol–water partition coefficient (Wildman–Crippen LogP) is 5.95. The largest absolute Gasteiger partial charge is 0.507 e. The zero-order valence-corrected chi connectivity index (χ0v) is 20.5. The van der Waals surface area contributed by atoms with Gasteiger partial charge in [0.05, 0.1) is 11.6 Å². The van der Waals surface area contributed by atoms with E-state index < -0.39 is 17.7 Å². The SMILES string of the molecule is CCCCc1ccc(N2C(=O)C(=O)/C(=C(\O)c3ccc4c(c3)OCO4)C2c2ccc(CC)cc2)cc1. The van der Waals surface area contributed by atoms with Crippen molar-refractivity contribution in [2.24, 2.45) is 0 Å². The van der Waals surface area contributed by atoms with Crippen molar-refractivity contribution in [1.82, 2.24) is 0 Å². The van der Waals surface area contributed by atoms with Gasteiger partial charge in [0.25, 0.3) is 11.7 Å². The molecule has 1 atom stereocenters. The van der Waals surface area contributed by atoms with E-state index in [-0.39, 0.29) is 18.1 Å². The average molecular weight is 484 g/mol. The van der Waals surface area contributed by atoms with Crippen LogP contribution in [-0.4, -0.2) is 23.6 Å². The number of benzene rings is 3. The zero-order valence-electron chi connectivity index (χ0n) is 20.5. The Morgan fingerprint density at radius 2 is 1.61 bits per heavy atom. The fourth-order valence-corrected chi connectivity index (χ4v) is 4.75. The van der Waals surface area contributed by atoms with E-state index >= 15 is 0 Å². The summed E-state index contributed by atoms with van der Waals surface area (Å²) >= 11 is 0. The lowest BCUT2D eigenvalue weighted by atomic mass is 9.94. The molecule has 1 saturated heterocycles. The first-order valence-corrected chi connectivity index (χ1v) is 12.4. The third kappa shape index (κ3) is 4.24. The highest BCUT2D eigenvalue weighted by atomic mass is 16.7. The molecule has 3 aromatic rings. The van der Waals surface area contributed by atoms with E-state index in [2.05, 4.69) is 13.8 Å². The molecule has 3 aromatic carbocycles. The van der Waals surface area contributed by atoms with Gasteiger partial charge in [-0.2, -0.15) is 0 Å². The van der Waals surface area contributed by atoms with E-state index in [1.807, 2.05) is 48.5 Å². The summed E-state index contributed by atoms with van der Waals surface area (Å²) in [7, 11) is 0. The van der Waals surface area contributed by atoms with Crippen molar-refractivity contribution in [1.29, 1.82) is 0 Å². The summed E-state index contributed by atoms with van der Waals surface area (Å²) in [6.07, 6.45) is 4.02. The summed E-state index contributed by atoms with van der Waals surface area (Å²) in [6.45, 7) is 4.32. The third-order valence-electron chi connectivity index (χ3n) is 6.83. The summed E-state index contributed by atoms with van der Waals surface area (Å²) in [5.74, 6) is -0.562. The number of unbranched alkanes of at least 4 members (excludes halogenated alkanes) is 1. The average Bonchev–Trinajstić information content (AvgIpc) is 3.49. The van der Waals surface area contributed by atoms with Crippen LogP contribution < -0.4 is 14.4 Å². The number of hydrogen-bond donors (Lipinski definition) is 1. The molecule has 2 aliphatic heterocycles. The minimum Gasteiger partial charge on any atom is -0.507 e. The number of Topliss-reactive ketones (excluding diaryl/α,β-unsaturated/α-hetero) is 1. The molecule has 0 spiro atoms. The number of rotatable bonds is 7. The van der Waals surface area contributed by atoms with Gasteiger partial charge >= 0.3 is 0 Å². The maximum atomic E-state index is 13.4. The highest BCUT2D eigenvalue weighted by molar-refractivity contribution is 6.51. The number of aliphatic hydroxyl groups is 1. The van der Waals surface area contributed by atoms with Gasteiger partial charge in [-0.1, -0.05) is 56.7 Å². The van der Waals surface area contributed by atoms with Crippen LogP contribution in [-0.2, 0) is 22.4 Å². The fourth-order valence-electron chi connectivity index (χ4n) is 4.75. The second-order valence-corrected chi connectivity index (χ2v) is 9.10. The number of amides is 1. The van der Waals surface area contributed by atoms with Crippen LogP contribution in [0.3, 0.4) is 0 Å². The van der Waals surface area contributed by atoms with Crippen LogP contribution in [0.1, 0.15) is 55.0 Å². The lowest BCUT2D eigenvalue weighted by Gasteiger charge is -2.26. The molecule has 5 rings (SSSR count). The molecule has 0 aliphatic carbocycles. The Labute approximate surface area is 210 Å². The molecule has 1 unspecified atom stereocenters. The van der Waals surface area contributed by atoms with Crippen molar-refractivity contribution in [2.75, 3.05) is 11.7 Å². The highest BCUT2D eigenvalue weighted by Gasteiger charge is 2.47. The van der Waals surface area contributed by atoms with E-state index in [0.717, 1.165) is 36.8 Å². The molecular weight excluding hydrogens is 454 g/mol. The Balaban J connectivity index is 1.62. The van der Waals surface area contributed by atoms with Crippen molar-refractivity contribution >= 4 is 23.1 Å². The maximum Gasteiger partial charge on any atom is 0.300 e. The molecule has 184 valence electrons. The van der Waals surface area contributed by atoms with Crippen LogP contribution in [0.15, 0.2) is 72.3 Å². The molecule has 2 aliphatic rings. The number of ether oxygens (including phenoxy) is 2. The van der Waals surface area contributed by atoms with Crippen LogP contribution in [0, 0.1) is 0 Å².